The number of hydrogen-bond donors (Lipinski definition) is 3. The van der Waals surface area contributed by atoms with Gasteiger partial charge >= 0.3 is 0 Å². The van der Waals surface area contributed by atoms with E-state index < -0.39 is 0 Å². The van der Waals surface area contributed by atoms with Crippen molar-refractivity contribution in [3.8, 4) is 0 Å². The first kappa shape index (κ1) is 21.5. The molecule has 0 saturated carbocycles. The summed E-state index contributed by atoms with van der Waals surface area (Å²) in [5.74, 6) is 1.54. The van der Waals surface area contributed by atoms with Gasteiger partial charge in [0.25, 0.3) is 0 Å². The van der Waals surface area contributed by atoms with Gasteiger partial charge in [-0.1, -0.05) is 63.2 Å². The van der Waals surface area contributed by atoms with Crippen LogP contribution in [0.15, 0.2) is 59.6 Å². The minimum absolute atomic E-state index is 0.0486. The quantitative estimate of drug-likeness (QED) is 0.476. The Morgan fingerprint density at radius 1 is 1.00 bits per heavy atom. The van der Waals surface area contributed by atoms with Crippen LogP contribution >= 0.6 is 0 Å². The van der Waals surface area contributed by atoms with E-state index in [0.29, 0.717) is 24.8 Å². The second kappa shape index (κ2) is 11.1. The fraction of sp³-hybridized carbons (Fsp3) is 0.391. The minimum atomic E-state index is 0.0486. The number of anilines is 1. The van der Waals surface area contributed by atoms with Crippen LogP contribution in [-0.2, 0) is 11.3 Å². The van der Waals surface area contributed by atoms with Gasteiger partial charge in [0.15, 0.2) is 5.96 Å². The second-order valence-corrected chi connectivity index (χ2v) is 7.46. The SMILES string of the molecule is CN=C(NCc1cccc(NC(=O)CC(C)C)c1)NCC(C)c1ccccc1. The Hall–Kier alpha value is -2.82. The van der Waals surface area contributed by atoms with Crippen LogP contribution in [-0.4, -0.2) is 25.5 Å². The van der Waals surface area contributed by atoms with E-state index in [1.54, 1.807) is 7.05 Å². The van der Waals surface area contributed by atoms with Crippen LogP contribution in [0.25, 0.3) is 0 Å². The summed E-state index contributed by atoms with van der Waals surface area (Å²) >= 11 is 0. The Labute approximate surface area is 168 Å². The topological polar surface area (TPSA) is 65.5 Å². The molecule has 0 aromatic heterocycles. The van der Waals surface area contributed by atoms with E-state index in [1.807, 2.05) is 44.2 Å². The van der Waals surface area contributed by atoms with Crippen LogP contribution in [0.5, 0.6) is 0 Å². The fourth-order valence-electron chi connectivity index (χ4n) is 2.90. The lowest BCUT2D eigenvalue weighted by Crippen LogP contribution is -2.38. The van der Waals surface area contributed by atoms with E-state index in [4.69, 9.17) is 0 Å². The van der Waals surface area contributed by atoms with E-state index in [2.05, 4.69) is 52.1 Å². The Bertz CT molecular complexity index is 771. The summed E-state index contributed by atoms with van der Waals surface area (Å²) in [6, 6.07) is 18.3. The van der Waals surface area contributed by atoms with E-state index in [0.717, 1.165) is 23.8 Å². The minimum Gasteiger partial charge on any atom is -0.356 e. The lowest BCUT2D eigenvalue weighted by Gasteiger charge is -2.16. The Morgan fingerprint density at radius 3 is 2.43 bits per heavy atom. The lowest BCUT2D eigenvalue weighted by atomic mass is 10.0. The highest BCUT2D eigenvalue weighted by Gasteiger charge is 2.07. The van der Waals surface area contributed by atoms with Gasteiger partial charge in [-0.15, -0.1) is 0 Å². The summed E-state index contributed by atoms with van der Waals surface area (Å²) in [7, 11) is 1.77. The molecular formula is C23H32N4O. The van der Waals surface area contributed by atoms with Crippen LogP contribution in [0, 0.1) is 5.92 Å². The molecule has 0 aliphatic heterocycles. The number of carbonyl (C=O) groups is 1. The third-order valence-corrected chi connectivity index (χ3v) is 4.43. The summed E-state index contributed by atoms with van der Waals surface area (Å²) in [6.07, 6.45) is 0.526. The summed E-state index contributed by atoms with van der Waals surface area (Å²) in [4.78, 5) is 16.3. The molecule has 5 nitrogen and oxygen atoms in total. The average molecular weight is 381 g/mol. The number of nitrogens with one attached hydrogen (secondary N) is 3. The van der Waals surface area contributed by atoms with Gasteiger partial charge in [-0.3, -0.25) is 9.79 Å². The van der Waals surface area contributed by atoms with Crippen LogP contribution in [0.4, 0.5) is 5.69 Å². The van der Waals surface area contributed by atoms with Crippen molar-refractivity contribution in [1.82, 2.24) is 10.6 Å². The maximum atomic E-state index is 12.0. The van der Waals surface area contributed by atoms with Gasteiger partial charge in [0.1, 0.15) is 0 Å². The highest BCUT2D eigenvalue weighted by Crippen LogP contribution is 2.14. The largest absolute Gasteiger partial charge is 0.356 e. The fourth-order valence-corrected chi connectivity index (χ4v) is 2.90. The molecule has 3 N–H and O–H groups in total. The van der Waals surface area contributed by atoms with Crippen molar-refractivity contribution < 1.29 is 4.79 Å². The van der Waals surface area contributed by atoms with Crippen molar-refractivity contribution in [3.05, 3.63) is 65.7 Å². The molecule has 2 rings (SSSR count). The zero-order valence-corrected chi connectivity index (χ0v) is 17.3. The van der Waals surface area contributed by atoms with Gasteiger partial charge in [-0.05, 0) is 35.1 Å². The predicted octanol–water partition coefficient (Wildman–Crippen LogP) is 4.14. The molecule has 28 heavy (non-hydrogen) atoms. The van der Waals surface area contributed by atoms with E-state index in [1.165, 1.54) is 5.56 Å². The van der Waals surface area contributed by atoms with E-state index in [9.17, 15) is 4.79 Å². The number of nitrogens with zero attached hydrogens (tertiary/aromatic N) is 1. The van der Waals surface area contributed by atoms with Gasteiger partial charge in [-0.25, -0.2) is 0 Å². The number of rotatable bonds is 8. The summed E-state index contributed by atoms with van der Waals surface area (Å²) in [5, 5.41) is 9.67. The number of amides is 1. The first-order chi connectivity index (χ1) is 13.5. The second-order valence-electron chi connectivity index (χ2n) is 7.46. The number of benzene rings is 2. The normalized spacial score (nSPS) is 12.5. The predicted molar refractivity (Wildman–Crippen MR) is 118 cm³/mol. The zero-order chi connectivity index (χ0) is 20.4. The van der Waals surface area contributed by atoms with Crippen molar-refractivity contribution in [2.24, 2.45) is 10.9 Å². The Morgan fingerprint density at radius 2 is 1.75 bits per heavy atom. The standard InChI is InChI=1S/C23H32N4O/c1-17(2)13-22(28)27-21-12-8-9-19(14-21)16-26-23(24-4)25-15-18(3)20-10-6-5-7-11-20/h5-12,14,17-18H,13,15-16H2,1-4H3,(H,27,28)(H2,24,25,26). The summed E-state index contributed by atoms with van der Waals surface area (Å²) in [6.45, 7) is 7.70. The molecule has 0 bridgehead atoms. The molecule has 2 aromatic rings. The smallest absolute Gasteiger partial charge is 0.224 e. The molecule has 1 amide bonds. The summed E-state index contributed by atoms with van der Waals surface area (Å²) < 4.78 is 0. The van der Waals surface area contributed by atoms with Gasteiger partial charge < -0.3 is 16.0 Å². The molecule has 0 aliphatic rings. The van der Waals surface area contributed by atoms with Gasteiger partial charge in [0.2, 0.25) is 5.91 Å². The van der Waals surface area contributed by atoms with Gasteiger partial charge in [0, 0.05) is 32.2 Å². The molecule has 0 heterocycles. The lowest BCUT2D eigenvalue weighted by molar-refractivity contribution is -0.116. The molecule has 150 valence electrons. The Kier molecular flexibility index (Phi) is 8.53. The third-order valence-electron chi connectivity index (χ3n) is 4.43. The van der Waals surface area contributed by atoms with Crippen molar-refractivity contribution in [2.45, 2.75) is 39.7 Å². The zero-order valence-electron chi connectivity index (χ0n) is 17.3. The third kappa shape index (κ3) is 7.43. The van der Waals surface area contributed by atoms with Crippen LogP contribution in [0.1, 0.15) is 44.2 Å². The maximum absolute atomic E-state index is 12.0. The number of aliphatic imine (C=N–C) groups is 1. The van der Waals surface area contributed by atoms with Crippen LogP contribution in [0.3, 0.4) is 0 Å². The molecule has 2 aromatic carbocycles. The van der Waals surface area contributed by atoms with Crippen molar-refractivity contribution in [2.75, 3.05) is 18.9 Å². The highest BCUT2D eigenvalue weighted by molar-refractivity contribution is 5.90. The molecule has 0 saturated heterocycles. The maximum Gasteiger partial charge on any atom is 0.224 e. The van der Waals surface area contributed by atoms with E-state index in [-0.39, 0.29) is 5.91 Å². The average Bonchev–Trinajstić information content (AvgIpc) is 2.68. The van der Waals surface area contributed by atoms with Crippen molar-refractivity contribution >= 4 is 17.6 Å². The van der Waals surface area contributed by atoms with Crippen LogP contribution < -0.4 is 16.0 Å². The molecule has 1 unspecified atom stereocenters. The highest BCUT2D eigenvalue weighted by atomic mass is 16.1. The van der Waals surface area contributed by atoms with E-state index >= 15 is 0 Å². The molecule has 0 fully saturated rings. The number of hydrogen-bond acceptors (Lipinski definition) is 2. The first-order valence-corrected chi connectivity index (χ1v) is 9.86. The molecule has 0 spiro atoms. The number of guanidine groups is 1. The van der Waals surface area contributed by atoms with Gasteiger partial charge in [-0.2, -0.15) is 0 Å². The molecule has 0 radical (unpaired) electrons. The van der Waals surface area contributed by atoms with Crippen molar-refractivity contribution in [3.63, 3.8) is 0 Å². The molecule has 0 aliphatic carbocycles. The molecular weight excluding hydrogens is 348 g/mol. The summed E-state index contributed by atoms with van der Waals surface area (Å²) in [5.41, 5.74) is 3.21. The molecule has 1 atom stereocenters. The Balaban J connectivity index is 1.84. The number of carbonyl (C=O) groups excluding carboxylic acids is 1. The first-order valence-electron chi connectivity index (χ1n) is 9.86. The molecule has 5 heteroatoms. The monoisotopic (exact) mass is 380 g/mol. The van der Waals surface area contributed by atoms with Gasteiger partial charge in [0.05, 0.1) is 0 Å². The van der Waals surface area contributed by atoms with Crippen molar-refractivity contribution in [1.29, 1.82) is 0 Å². The van der Waals surface area contributed by atoms with Crippen LogP contribution in [0.2, 0.25) is 0 Å².